The number of aryl methyl sites for hydroxylation is 1. The van der Waals surface area contributed by atoms with Crippen molar-refractivity contribution in [2.24, 2.45) is 5.92 Å². The smallest absolute Gasteiger partial charge is 0.224 e. The van der Waals surface area contributed by atoms with Crippen molar-refractivity contribution in [3.05, 3.63) is 18.7 Å². The lowest BCUT2D eigenvalue weighted by Gasteiger charge is -2.23. The number of nitrogens with one attached hydrogen (secondary N) is 1. The summed E-state index contributed by atoms with van der Waals surface area (Å²) in [6.45, 7) is 3.73. The fraction of sp³-hybridized carbons (Fsp3) is 0.667. The van der Waals surface area contributed by atoms with Crippen LogP contribution in [-0.4, -0.2) is 46.0 Å². The molecule has 17 heavy (non-hydrogen) atoms. The van der Waals surface area contributed by atoms with Crippen LogP contribution in [0.4, 0.5) is 0 Å². The van der Waals surface area contributed by atoms with Crippen molar-refractivity contribution in [1.29, 1.82) is 0 Å². The largest absolute Gasteiger partial charge is 0.338 e. The topological polar surface area (TPSA) is 50.2 Å². The Bertz CT molecular complexity index is 389. The Kier molecular flexibility index (Phi) is 2.84. The number of hydrogen-bond donors (Lipinski definition) is 1. The van der Waals surface area contributed by atoms with Gasteiger partial charge in [0.15, 0.2) is 0 Å². The number of carbonyl (C=O) groups excluding carboxylic acids is 1. The molecule has 2 fully saturated rings. The summed E-state index contributed by atoms with van der Waals surface area (Å²) in [4.78, 5) is 18.2. The van der Waals surface area contributed by atoms with Crippen LogP contribution >= 0.6 is 0 Å². The van der Waals surface area contributed by atoms with Gasteiger partial charge in [-0.2, -0.15) is 0 Å². The molecule has 5 nitrogen and oxygen atoms in total. The average Bonchev–Trinajstić information content (AvgIpc) is 3.02. The highest BCUT2D eigenvalue weighted by atomic mass is 16.2. The van der Waals surface area contributed by atoms with Crippen molar-refractivity contribution in [2.45, 2.75) is 25.4 Å². The molecule has 0 bridgehead atoms. The van der Waals surface area contributed by atoms with Crippen molar-refractivity contribution in [1.82, 2.24) is 19.8 Å². The van der Waals surface area contributed by atoms with Crippen LogP contribution in [-0.2, 0) is 11.3 Å². The third-order valence-electron chi connectivity index (χ3n) is 3.91. The van der Waals surface area contributed by atoms with E-state index in [1.807, 2.05) is 10.8 Å². The summed E-state index contributed by atoms with van der Waals surface area (Å²) in [5, 5.41) is 3.37. The molecule has 1 N–H and O–H groups in total. The van der Waals surface area contributed by atoms with Gasteiger partial charge in [0.05, 0.1) is 6.33 Å². The van der Waals surface area contributed by atoms with E-state index in [0.29, 0.717) is 18.4 Å². The van der Waals surface area contributed by atoms with Gasteiger partial charge in [-0.1, -0.05) is 0 Å². The van der Waals surface area contributed by atoms with Crippen LogP contribution in [0.3, 0.4) is 0 Å². The zero-order chi connectivity index (χ0) is 11.7. The van der Waals surface area contributed by atoms with E-state index in [-0.39, 0.29) is 5.91 Å². The number of likely N-dealkylation sites (tertiary alicyclic amines) is 1. The normalized spacial score (nSPS) is 27.4. The first-order chi connectivity index (χ1) is 8.34. The summed E-state index contributed by atoms with van der Waals surface area (Å²) in [7, 11) is 0. The summed E-state index contributed by atoms with van der Waals surface area (Å²) >= 11 is 0. The monoisotopic (exact) mass is 234 g/mol. The molecule has 1 aromatic heterocycles. The Hall–Kier alpha value is -1.36. The number of fused-ring (bicyclic) bond motifs is 1. The number of rotatable bonds is 3. The maximum Gasteiger partial charge on any atom is 0.224 e. The van der Waals surface area contributed by atoms with Crippen LogP contribution in [0.2, 0.25) is 0 Å². The van der Waals surface area contributed by atoms with Crippen LogP contribution in [0, 0.1) is 5.92 Å². The van der Waals surface area contributed by atoms with Crippen LogP contribution < -0.4 is 5.32 Å². The van der Waals surface area contributed by atoms with E-state index in [0.717, 1.165) is 32.6 Å². The zero-order valence-electron chi connectivity index (χ0n) is 9.88. The highest BCUT2D eigenvalue weighted by Gasteiger charge is 2.39. The summed E-state index contributed by atoms with van der Waals surface area (Å²) in [5.41, 5.74) is 0. The molecule has 3 rings (SSSR count). The fourth-order valence-electron chi connectivity index (χ4n) is 2.95. The maximum atomic E-state index is 12.1. The first kappa shape index (κ1) is 10.8. The van der Waals surface area contributed by atoms with Gasteiger partial charge in [-0.15, -0.1) is 0 Å². The van der Waals surface area contributed by atoms with E-state index < -0.39 is 0 Å². The van der Waals surface area contributed by atoms with Gasteiger partial charge in [-0.3, -0.25) is 4.79 Å². The van der Waals surface area contributed by atoms with Crippen molar-refractivity contribution in [2.75, 3.05) is 19.6 Å². The minimum absolute atomic E-state index is 0.287. The van der Waals surface area contributed by atoms with Crippen molar-refractivity contribution < 1.29 is 4.79 Å². The van der Waals surface area contributed by atoms with E-state index in [9.17, 15) is 4.79 Å². The predicted molar refractivity (Wildman–Crippen MR) is 63.3 cm³/mol. The van der Waals surface area contributed by atoms with Crippen LogP contribution in [0.5, 0.6) is 0 Å². The van der Waals surface area contributed by atoms with Gasteiger partial charge >= 0.3 is 0 Å². The molecule has 2 aliphatic rings. The van der Waals surface area contributed by atoms with Gasteiger partial charge in [0.25, 0.3) is 0 Å². The van der Waals surface area contributed by atoms with E-state index >= 15 is 0 Å². The lowest BCUT2D eigenvalue weighted by molar-refractivity contribution is -0.132. The molecule has 3 heterocycles. The van der Waals surface area contributed by atoms with Gasteiger partial charge < -0.3 is 14.8 Å². The molecule has 0 aliphatic carbocycles. The number of imidazole rings is 1. The Morgan fingerprint density at radius 2 is 2.41 bits per heavy atom. The Morgan fingerprint density at radius 1 is 1.47 bits per heavy atom. The lowest BCUT2D eigenvalue weighted by Crippen LogP contribution is -2.39. The molecule has 0 saturated carbocycles. The molecular weight excluding hydrogens is 216 g/mol. The first-order valence-electron chi connectivity index (χ1n) is 6.30. The van der Waals surface area contributed by atoms with Gasteiger partial charge in [0.1, 0.15) is 0 Å². The second kappa shape index (κ2) is 4.49. The molecule has 5 heteroatoms. The average molecular weight is 234 g/mol. The van der Waals surface area contributed by atoms with Gasteiger partial charge in [0, 0.05) is 51.0 Å². The standard InChI is InChI=1S/C12H18N4O/c17-12(2-4-15-6-3-13-9-15)16-5-1-10-7-14-8-11(10)16/h3,6,9-11,14H,1-2,4-5,7-8H2/t10-,11+/m1/s1. The third kappa shape index (κ3) is 2.07. The van der Waals surface area contributed by atoms with E-state index in [1.54, 1.807) is 12.5 Å². The Labute approximate surface area is 101 Å². The second-order valence-electron chi connectivity index (χ2n) is 4.91. The molecule has 0 unspecified atom stereocenters. The molecule has 2 atom stereocenters. The Morgan fingerprint density at radius 3 is 3.24 bits per heavy atom. The number of amides is 1. The van der Waals surface area contributed by atoms with Crippen molar-refractivity contribution >= 4 is 5.91 Å². The number of carbonyl (C=O) groups is 1. The van der Waals surface area contributed by atoms with E-state index in [2.05, 4.69) is 15.2 Å². The van der Waals surface area contributed by atoms with Crippen molar-refractivity contribution in [3.63, 3.8) is 0 Å². The van der Waals surface area contributed by atoms with Gasteiger partial charge in [-0.25, -0.2) is 4.98 Å². The molecule has 92 valence electrons. The number of nitrogens with zero attached hydrogens (tertiary/aromatic N) is 3. The highest BCUT2D eigenvalue weighted by molar-refractivity contribution is 5.77. The molecule has 1 amide bonds. The Balaban J connectivity index is 1.55. The number of aromatic nitrogens is 2. The quantitative estimate of drug-likeness (QED) is 0.806. The van der Waals surface area contributed by atoms with E-state index in [1.165, 1.54) is 0 Å². The summed E-state index contributed by atoms with van der Waals surface area (Å²) in [6.07, 6.45) is 7.15. The number of hydrogen-bond acceptors (Lipinski definition) is 3. The minimum Gasteiger partial charge on any atom is -0.338 e. The van der Waals surface area contributed by atoms with Gasteiger partial charge in [0.2, 0.25) is 5.91 Å². The lowest BCUT2D eigenvalue weighted by atomic mass is 10.1. The van der Waals surface area contributed by atoms with Crippen LogP contribution in [0.1, 0.15) is 12.8 Å². The fourth-order valence-corrected chi connectivity index (χ4v) is 2.95. The van der Waals surface area contributed by atoms with Crippen molar-refractivity contribution in [3.8, 4) is 0 Å². The summed E-state index contributed by atoms with van der Waals surface area (Å²) < 4.78 is 1.96. The first-order valence-corrected chi connectivity index (χ1v) is 6.30. The summed E-state index contributed by atoms with van der Waals surface area (Å²) in [6, 6.07) is 0.449. The summed E-state index contributed by atoms with van der Waals surface area (Å²) in [5.74, 6) is 0.974. The third-order valence-corrected chi connectivity index (χ3v) is 3.91. The molecule has 0 aromatic carbocycles. The molecule has 0 radical (unpaired) electrons. The second-order valence-corrected chi connectivity index (χ2v) is 4.91. The van der Waals surface area contributed by atoms with E-state index in [4.69, 9.17) is 0 Å². The molecule has 0 spiro atoms. The SMILES string of the molecule is O=C(CCn1ccnc1)N1CC[C@@H]2CNC[C@@H]21. The van der Waals surface area contributed by atoms with Crippen LogP contribution in [0.25, 0.3) is 0 Å². The van der Waals surface area contributed by atoms with Gasteiger partial charge in [-0.05, 0) is 12.3 Å². The minimum atomic E-state index is 0.287. The molecule has 2 saturated heterocycles. The molecular formula is C12H18N4O. The zero-order valence-corrected chi connectivity index (χ0v) is 9.88. The van der Waals surface area contributed by atoms with Crippen LogP contribution in [0.15, 0.2) is 18.7 Å². The molecule has 1 aromatic rings. The predicted octanol–water partition coefficient (Wildman–Crippen LogP) is 0.0935. The maximum absolute atomic E-state index is 12.1. The molecule has 2 aliphatic heterocycles. The highest BCUT2D eigenvalue weighted by Crippen LogP contribution is 2.27.